The quantitative estimate of drug-likeness (QED) is 0.419. The van der Waals surface area contributed by atoms with Gasteiger partial charge in [0.05, 0.1) is 31.4 Å². The highest BCUT2D eigenvalue weighted by atomic mass is 35.5. The lowest BCUT2D eigenvalue weighted by molar-refractivity contribution is -0.113. The SMILES string of the molecule is COc1ccc(-c2cc(=O)[nH]c(SCC(=O)Nc3cc(C)c(Cl)cc3OC)n2)cc1. The summed E-state index contributed by atoms with van der Waals surface area (Å²) in [4.78, 5) is 31.5. The van der Waals surface area contributed by atoms with Crippen molar-refractivity contribution in [2.45, 2.75) is 12.1 Å². The molecule has 7 nitrogen and oxygen atoms in total. The smallest absolute Gasteiger partial charge is 0.252 e. The number of aromatic amines is 1. The maximum absolute atomic E-state index is 12.4. The number of thioether (sulfide) groups is 1. The predicted octanol–water partition coefficient (Wildman–Crippen LogP) is 4.15. The maximum atomic E-state index is 12.4. The molecule has 0 spiro atoms. The molecule has 156 valence electrons. The lowest BCUT2D eigenvalue weighted by Gasteiger charge is -2.12. The van der Waals surface area contributed by atoms with E-state index in [0.29, 0.717) is 33.1 Å². The fourth-order valence-corrected chi connectivity index (χ4v) is 3.49. The summed E-state index contributed by atoms with van der Waals surface area (Å²) in [5.74, 6) is 0.969. The van der Waals surface area contributed by atoms with Crippen molar-refractivity contribution in [1.82, 2.24) is 9.97 Å². The Bertz CT molecular complexity index is 1120. The first-order valence-corrected chi connectivity index (χ1v) is 10.3. The van der Waals surface area contributed by atoms with Crippen LogP contribution in [0, 0.1) is 6.92 Å². The molecule has 30 heavy (non-hydrogen) atoms. The lowest BCUT2D eigenvalue weighted by Crippen LogP contribution is -2.16. The highest BCUT2D eigenvalue weighted by molar-refractivity contribution is 7.99. The normalized spacial score (nSPS) is 10.5. The van der Waals surface area contributed by atoms with Crippen molar-refractivity contribution in [3.63, 3.8) is 0 Å². The van der Waals surface area contributed by atoms with Crippen molar-refractivity contribution in [2.24, 2.45) is 0 Å². The molecule has 0 saturated carbocycles. The number of hydrogen-bond acceptors (Lipinski definition) is 6. The first-order chi connectivity index (χ1) is 14.4. The number of carbonyl (C=O) groups excluding carboxylic acids is 1. The largest absolute Gasteiger partial charge is 0.497 e. The maximum Gasteiger partial charge on any atom is 0.252 e. The third kappa shape index (κ3) is 5.34. The van der Waals surface area contributed by atoms with E-state index in [2.05, 4.69) is 15.3 Å². The van der Waals surface area contributed by atoms with E-state index in [1.807, 2.05) is 19.1 Å². The molecule has 0 radical (unpaired) electrons. The Balaban J connectivity index is 1.71. The van der Waals surface area contributed by atoms with E-state index < -0.39 is 0 Å². The molecule has 2 N–H and O–H groups in total. The third-order valence-corrected chi connectivity index (χ3v) is 5.48. The predicted molar refractivity (Wildman–Crippen MR) is 119 cm³/mol. The average Bonchev–Trinajstić information content (AvgIpc) is 2.74. The van der Waals surface area contributed by atoms with E-state index in [0.717, 1.165) is 22.9 Å². The van der Waals surface area contributed by atoms with Crippen LogP contribution in [-0.2, 0) is 4.79 Å². The van der Waals surface area contributed by atoms with Crippen molar-refractivity contribution in [3.8, 4) is 22.8 Å². The number of H-pyrrole nitrogens is 1. The summed E-state index contributed by atoms with van der Waals surface area (Å²) in [6.45, 7) is 1.84. The molecule has 1 amide bonds. The molecule has 0 unspecified atom stereocenters. The number of methoxy groups -OCH3 is 2. The number of nitrogens with one attached hydrogen (secondary N) is 2. The minimum atomic E-state index is -0.297. The van der Waals surface area contributed by atoms with Crippen LogP contribution in [0.4, 0.5) is 5.69 Å². The van der Waals surface area contributed by atoms with Crippen LogP contribution >= 0.6 is 23.4 Å². The van der Waals surface area contributed by atoms with Gasteiger partial charge in [0.2, 0.25) is 5.91 Å². The van der Waals surface area contributed by atoms with E-state index in [1.165, 1.54) is 13.2 Å². The number of ether oxygens (including phenoxy) is 2. The van der Waals surface area contributed by atoms with Gasteiger partial charge in [-0.1, -0.05) is 23.4 Å². The van der Waals surface area contributed by atoms with E-state index in [-0.39, 0.29) is 17.2 Å². The molecule has 0 saturated heterocycles. The van der Waals surface area contributed by atoms with E-state index in [1.54, 1.807) is 31.4 Å². The van der Waals surface area contributed by atoms with Crippen molar-refractivity contribution in [3.05, 3.63) is 63.4 Å². The fraction of sp³-hybridized carbons (Fsp3) is 0.190. The van der Waals surface area contributed by atoms with Gasteiger partial charge in [0, 0.05) is 22.7 Å². The molecule has 2 aromatic carbocycles. The minimum absolute atomic E-state index is 0.0554. The van der Waals surface area contributed by atoms with Gasteiger partial charge in [0.1, 0.15) is 11.5 Å². The molecule has 0 aliphatic heterocycles. The van der Waals surface area contributed by atoms with Gasteiger partial charge in [-0.25, -0.2) is 4.98 Å². The average molecular weight is 446 g/mol. The van der Waals surface area contributed by atoms with Gasteiger partial charge in [0.25, 0.3) is 5.56 Å². The zero-order valence-corrected chi connectivity index (χ0v) is 18.2. The number of carbonyl (C=O) groups is 1. The number of rotatable bonds is 7. The van der Waals surface area contributed by atoms with Crippen molar-refractivity contribution >= 4 is 35.0 Å². The highest BCUT2D eigenvalue weighted by Crippen LogP contribution is 2.31. The molecule has 0 bridgehead atoms. The van der Waals surface area contributed by atoms with Gasteiger partial charge in [0.15, 0.2) is 5.16 Å². The number of anilines is 1. The molecule has 1 aromatic heterocycles. The second-order valence-electron chi connectivity index (χ2n) is 6.30. The van der Waals surface area contributed by atoms with E-state index >= 15 is 0 Å². The van der Waals surface area contributed by atoms with Crippen LogP contribution in [0.25, 0.3) is 11.3 Å². The van der Waals surface area contributed by atoms with E-state index in [9.17, 15) is 9.59 Å². The second-order valence-corrected chi connectivity index (χ2v) is 7.67. The summed E-state index contributed by atoms with van der Waals surface area (Å²) in [5.41, 5.74) is 2.33. The molecular weight excluding hydrogens is 426 g/mol. The van der Waals surface area contributed by atoms with Crippen molar-refractivity contribution < 1.29 is 14.3 Å². The standard InChI is InChI=1S/C21H20ClN3O4S/c1-12-8-17(18(29-3)9-15(12)22)23-20(27)11-30-21-24-16(10-19(26)25-21)13-4-6-14(28-2)7-5-13/h4-10H,11H2,1-3H3,(H,23,27)(H,24,25,26). The van der Waals surface area contributed by atoms with Gasteiger partial charge in [-0.15, -0.1) is 0 Å². The summed E-state index contributed by atoms with van der Waals surface area (Å²) in [7, 11) is 3.09. The molecule has 1 heterocycles. The third-order valence-electron chi connectivity index (χ3n) is 4.20. The summed E-state index contributed by atoms with van der Waals surface area (Å²) in [6, 6.07) is 12.0. The number of halogens is 1. The Morgan fingerprint density at radius 1 is 1.17 bits per heavy atom. The Labute approximate surface area is 182 Å². The molecule has 0 aliphatic rings. The molecule has 9 heteroatoms. The van der Waals surface area contributed by atoms with Crippen LogP contribution < -0.4 is 20.3 Å². The Kier molecular flexibility index (Phi) is 7.02. The fourth-order valence-electron chi connectivity index (χ4n) is 2.66. The molecule has 0 atom stereocenters. The topological polar surface area (TPSA) is 93.3 Å². The molecular formula is C21H20ClN3O4S. The first kappa shape index (κ1) is 21.7. The summed E-state index contributed by atoms with van der Waals surface area (Å²) >= 11 is 7.22. The first-order valence-electron chi connectivity index (χ1n) is 8.92. The van der Waals surface area contributed by atoms with Crippen LogP contribution in [-0.4, -0.2) is 35.8 Å². The number of amides is 1. The summed E-state index contributed by atoms with van der Waals surface area (Å²) in [5, 5.41) is 3.70. The summed E-state index contributed by atoms with van der Waals surface area (Å²) < 4.78 is 10.4. The number of aryl methyl sites for hydroxylation is 1. The van der Waals surface area contributed by atoms with Crippen LogP contribution in [0.2, 0.25) is 5.02 Å². The highest BCUT2D eigenvalue weighted by Gasteiger charge is 2.12. The molecule has 0 aliphatic carbocycles. The van der Waals surface area contributed by atoms with Crippen molar-refractivity contribution in [2.75, 3.05) is 25.3 Å². The number of hydrogen-bond donors (Lipinski definition) is 2. The second kappa shape index (κ2) is 9.69. The Hall–Kier alpha value is -2.97. The zero-order chi connectivity index (χ0) is 21.7. The minimum Gasteiger partial charge on any atom is -0.497 e. The molecule has 3 aromatic rings. The Morgan fingerprint density at radius 3 is 2.57 bits per heavy atom. The van der Waals surface area contributed by atoms with Gasteiger partial charge >= 0.3 is 0 Å². The Morgan fingerprint density at radius 2 is 1.90 bits per heavy atom. The van der Waals surface area contributed by atoms with Gasteiger partial charge in [-0.3, -0.25) is 9.59 Å². The van der Waals surface area contributed by atoms with Crippen molar-refractivity contribution in [1.29, 1.82) is 0 Å². The van der Waals surface area contributed by atoms with E-state index in [4.69, 9.17) is 21.1 Å². The van der Waals surface area contributed by atoms with Crippen LogP contribution in [0.5, 0.6) is 11.5 Å². The van der Waals surface area contributed by atoms with Crippen LogP contribution in [0.15, 0.2) is 52.4 Å². The number of nitrogens with zero attached hydrogens (tertiary/aromatic N) is 1. The monoisotopic (exact) mass is 445 g/mol. The summed E-state index contributed by atoms with van der Waals surface area (Å²) in [6.07, 6.45) is 0. The lowest BCUT2D eigenvalue weighted by atomic mass is 10.1. The van der Waals surface area contributed by atoms with Gasteiger partial charge in [-0.05, 0) is 42.8 Å². The number of aromatic nitrogens is 2. The zero-order valence-electron chi connectivity index (χ0n) is 16.6. The van der Waals surface area contributed by atoms with Crippen LogP contribution in [0.3, 0.4) is 0 Å². The number of benzene rings is 2. The molecule has 0 fully saturated rings. The van der Waals surface area contributed by atoms with Gasteiger partial charge < -0.3 is 19.8 Å². The van der Waals surface area contributed by atoms with Gasteiger partial charge in [-0.2, -0.15) is 0 Å². The molecule has 3 rings (SSSR count). The van der Waals surface area contributed by atoms with Crippen LogP contribution in [0.1, 0.15) is 5.56 Å².